The SMILES string of the molecule is O=C(CC(=O)c1ccc(F)cc1)C(=O)CC1CCCC1. The van der Waals surface area contributed by atoms with E-state index < -0.39 is 29.6 Å². The molecule has 0 aliphatic heterocycles. The minimum absolute atomic E-state index is 0.258. The number of rotatable bonds is 6. The molecule has 4 heteroatoms. The summed E-state index contributed by atoms with van der Waals surface area (Å²) in [5, 5.41) is 0. The first-order valence-corrected chi connectivity index (χ1v) is 6.91. The van der Waals surface area contributed by atoms with Crippen LogP contribution in [0.4, 0.5) is 4.39 Å². The number of carbonyl (C=O) groups is 3. The molecule has 0 saturated heterocycles. The van der Waals surface area contributed by atoms with E-state index in [1.165, 1.54) is 12.1 Å². The van der Waals surface area contributed by atoms with Crippen molar-refractivity contribution in [1.82, 2.24) is 0 Å². The highest BCUT2D eigenvalue weighted by Crippen LogP contribution is 2.27. The van der Waals surface area contributed by atoms with E-state index in [1.807, 2.05) is 0 Å². The maximum absolute atomic E-state index is 12.7. The fourth-order valence-corrected chi connectivity index (χ4v) is 2.57. The minimum Gasteiger partial charge on any atom is -0.294 e. The number of hydrogen-bond acceptors (Lipinski definition) is 3. The van der Waals surface area contributed by atoms with Crippen molar-refractivity contribution in [2.45, 2.75) is 38.5 Å². The van der Waals surface area contributed by atoms with Crippen molar-refractivity contribution in [2.24, 2.45) is 5.92 Å². The summed E-state index contributed by atoms with van der Waals surface area (Å²) in [4.78, 5) is 35.3. The summed E-state index contributed by atoms with van der Waals surface area (Å²) in [6.07, 6.45) is 4.05. The summed E-state index contributed by atoms with van der Waals surface area (Å²) in [6, 6.07) is 4.98. The van der Waals surface area contributed by atoms with Gasteiger partial charge in [0.1, 0.15) is 5.82 Å². The molecule has 1 fully saturated rings. The highest BCUT2D eigenvalue weighted by molar-refractivity contribution is 6.41. The van der Waals surface area contributed by atoms with Gasteiger partial charge in [0, 0.05) is 12.0 Å². The monoisotopic (exact) mass is 276 g/mol. The normalized spacial score (nSPS) is 15.2. The summed E-state index contributed by atoms with van der Waals surface area (Å²) >= 11 is 0. The molecule has 1 aromatic carbocycles. The predicted molar refractivity (Wildman–Crippen MR) is 71.9 cm³/mol. The third-order valence-electron chi connectivity index (χ3n) is 3.75. The Bertz CT molecular complexity index is 513. The molecule has 106 valence electrons. The number of Topliss-reactive ketones (excluding diaryl/α,β-unsaturated/α-hetero) is 3. The molecule has 0 unspecified atom stereocenters. The van der Waals surface area contributed by atoms with Crippen molar-refractivity contribution < 1.29 is 18.8 Å². The summed E-state index contributed by atoms with van der Waals surface area (Å²) in [6.45, 7) is 0. The fraction of sp³-hybridized carbons (Fsp3) is 0.438. The summed E-state index contributed by atoms with van der Waals surface area (Å²) < 4.78 is 12.7. The standard InChI is InChI=1S/C16H17FO3/c17-13-7-5-12(6-8-13)14(18)10-16(20)15(19)9-11-3-1-2-4-11/h5-8,11H,1-4,9-10H2. The number of benzene rings is 1. The maximum atomic E-state index is 12.7. The van der Waals surface area contributed by atoms with E-state index in [0.29, 0.717) is 5.92 Å². The van der Waals surface area contributed by atoms with Crippen LogP contribution >= 0.6 is 0 Å². The summed E-state index contributed by atoms with van der Waals surface area (Å²) in [5.41, 5.74) is 0.258. The van der Waals surface area contributed by atoms with Crippen LogP contribution in [0.5, 0.6) is 0 Å². The Kier molecular flexibility index (Phi) is 4.77. The molecule has 1 aromatic rings. The molecule has 20 heavy (non-hydrogen) atoms. The maximum Gasteiger partial charge on any atom is 0.206 e. The molecule has 0 N–H and O–H groups in total. The van der Waals surface area contributed by atoms with Crippen molar-refractivity contribution in [3.63, 3.8) is 0 Å². The van der Waals surface area contributed by atoms with Crippen LogP contribution in [0.1, 0.15) is 48.9 Å². The lowest BCUT2D eigenvalue weighted by molar-refractivity contribution is -0.136. The number of hydrogen-bond donors (Lipinski definition) is 0. The Labute approximate surface area is 117 Å². The number of carbonyl (C=O) groups excluding carboxylic acids is 3. The molecule has 3 nitrogen and oxygen atoms in total. The average molecular weight is 276 g/mol. The Morgan fingerprint density at radius 2 is 1.60 bits per heavy atom. The van der Waals surface area contributed by atoms with Gasteiger partial charge < -0.3 is 0 Å². The molecule has 2 rings (SSSR count). The zero-order valence-corrected chi connectivity index (χ0v) is 11.2. The molecule has 1 saturated carbocycles. The van der Waals surface area contributed by atoms with E-state index in [1.54, 1.807) is 0 Å². The van der Waals surface area contributed by atoms with Crippen LogP contribution in [-0.4, -0.2) is 17.3 Å². The molecule has 0 aromatic heterocycles. The first-order valence-electron chi connectivity index (χ1n) is 6.91. The van der Waals surface area contributed by atoms with E-state index in [-0.39, 0.29) is 12.0 Å². The van der Waals surface area contributed by atoms with E-state index in [2.05, 4.69) is 0 Å². The largest absolute Gasteiger partial charge is 0.294 e. The molecule has 1 aliphatic carbocycles. The fourth-order valence-electron chi connectivity index (χ4n) is 2.57. The Morgan fingerprint density at radius 1 is 1.00 bits per heavy atom. The predicted octanol–water partition coefficient (Wildman–Crippen LogP) is 3.12. The lowest BCUT2D eigenvalue weighted by Crippen LogP contribution is -2.20. The molecule has 0 heterocycles. The quantitative estimate of drug-likeness (QED) is 0.455. The Hall–Kier alpha value is -1.84. The van der Waals surface area contributed by atoms with Gasteiger partial charge in [-0.25, -0.2) is 4.39 Å². The van der Waals surface area contributed by atoms with Crippen LogP contribution in [-0.2, 0) is 9.59 Å². The number of halogens is 1. The van der Waals surface area contributed by atoms with E-state index >= 15 is 0 Å². The van der Waals surface area contributed by atoms with Gasteiger partial charge in [0.05, 0.1) is 6.42 Å². The van der Waals surface area contributed by atoms with Gasteiger partial charge in [0.25, 0.3) is 0 Å². The van der Waals surface area contributed by atoms with Crippen LogP contribution in [0.25, 0.3) is 0 Å². The highest BCUT2D eigenvalue weighted by atomic mass is 19.1. The number of ketones is 3. The average Bonchev–Trinajstić information content (AvgIpc) is 2.92. The smallest absolute Gasteiger partial charge is 0.206 e. The van der Waals surface area contributed by atoms with Crippen molar-refractivity contribution in [3.8, 4) is 0 Å². The lowest BCUT2D eigenvalue weighted by Gasteiger charge is -2.06. The van der Waals surface area contributed by atoms with Gasteiger partial charge in [-0.15, -0.1) is 0 Å². The van der Waals surface area contributed by atoms with Gasteiger partial charge in [-0.2, -0.15) is 0 Å². The molecular weight excluding hydrogens is 259 g/mol. The third kappa shape index (κ3) is 3.83. The second kappa shape index (κ2) is 6.55. The molecule has 1 aliphatic rings. The molecule has 0 bridgehead atoms. The topological polar surface area (TPSA) is 51.2 Å². The second-order valence-corrected chi connectivity index (χ2v) is 5.31. The molecular formula is C16H17FO3. The third-order valence-corrected chi connectivity index (χ3v) is 3.75. The van der Waals surface area contributed by atoms with Crippen molar-refractivity contribution in [1.29, 1.82) is 0 Å². The molecule has 0 amide bonds. The van der Waals surface area contributed by atoms with E-state index in [4.69, 9.17) is 0 Å². The molecule has 0 atom stereocenters. The highest BCUT2D eigenvalue weighted by Gasteiger charge is 2.24. The van der Waals surface area contributed by atoms with Crippen molar-refractivity contribution >= 4 is 17.3 Å². The first-order chi connectivity index (χ1) is 9.56. The lowest BCUT2D eigenvalue weighted by atomic mass is 9.96. The molecule has 0 spiro atoms. The van der Waals surface area contributed by atoms with Gasteiger partial charge >= 0.3 is 0 Å². The van der Waals surface area contributed by atoms with Gasteiger partial charge in [0.15, 0.2) is 11.6 Å². The minimum atomic E-state index is -0.633. The van der Waals surface area contributed by atoms with Gasteiger partial charge in [-0.05, 0) is 30.2 Å². The van der Waals surface area contributed by atoms with E-state index in [9.17, 15) is 18.8 Å². The van der Waals surface area contributed by atoms with Gasteiger partial charge in [-0.1, -0.05) is 25.7 Å². The van der Waals surface area contributed by atoms with Crippen LogP contribution in [0.15, 0.2) is 24.3 Å². The van der Waals surface area contributed by atoms with Gasteiger partial charge in [0.2, 0.25) is 5.78 Å². The summed E-state index contributed by atoms with van der Waals surface area (Å²) in [5.74, 6) is -1.66. The summed E-state index contributed by atoms with van der Waals surface area (Å²) in [7, 11) is 0. The zero-order valence-electron chi connectivity index (χ0n) is 11.2. The Morgan fingerprint density at radius 3 is 2.20 bits per heavy atom. The molecule has 0 radical (unpaired) electrons. The van der Waals surface area contributed by atoms with Crippen molar-refractivity contribution in [2.75, 3.05) is 0 Å². The van der Waals surface area contributed by atoms with Crippen LogP contribution in [0, 0.1) is 11.7 Å². The Balaban J connectivity index is 1.88. The van der Waals surface area contributed by atoms with Crippen LogP contribution in [0.3, 0.4) is 0 Å². The van der Waals surface area contributed by atoms with Crippen LogP contribution < -0.4 is 0 Å². The second-order valence-electron chi connectivity index (χ2n) is 5.31. The first kappa shape index (κ1) is 14.6. The zero-order chi connectivity index (χ0) is 14.5. The van der Waals surface area contributed by atoms with Gasteiger partial charge in [-0.3, -0.25) is 14.4 Å². The van der Waals surface area contributed by atoms with E-state index in [0.717, 1.165) is 37.8 Å². The van der Waals surface area contributed by atoms with Crippen LogP contribution in [0.2, 0.25) is 0 Å². The van der Waals surface area contributed by atoms with Crippen molar-refractivity contribution in [3.05, 3.63) is 35.6 Å².